The molecule has 2 aromatic heterocycles. The molecule has 146 valence electrons. The lowest BCUT2D eigenvalue weighted by molar-refractivity contribution is -0.140. The number of nitrogens with one attached hydrogen (secondary N) is 1. The fraction of sp³-hybridized carbons (Fsp3) is 0.263. The average Bonchev–Trinajstić information content (AvgIpc) is 3.15. The number of aryl methyl sites for hydroxylation is 1. The standard InChI is InChI=1S/C19H20N4O3S2/c1-25-14-6-4-12(5-7-14)17-15(8-9-16(24)26-2)28-19(23-17)22-13-10-20-18(27-3)21-11-13/h4-7,10-11H,8-9H2,1-3H3,(H,22,23). The van der Waals surface area contributed by atoms with Crippen molar-refractivity contribution in [1.29, 1.82) is 0 Å². The second kappa shape index (κ2) is 9.52. The van der Waals surface area contributed by atoms with E-state index >= 15 is 0 Å². The van der Waals surface area contributed by atoms with Gasteiger partial charge < -0.3 is 14.8 Å². The normalized spacial score (nSPS) is 10.5. The fourth-order valence-electron chi connectivity index (χ4n) is 2.48. The zero-order chi connectivity index (χ0) is 19.9. The Bertz CT molecular complexity index is 927. The third-order valence-electron chi connectivity index (χ3n) is 3.91. The summed E-state index contributed by atoms with van der Waals surface area (Å²) in [7, 11) is 3.02. The SMILES string of the molecule is COC(=O)CCc1sc(Nc2cnc(SC)nc2)nc1-c1ccc(OC)cc1. The number of nitrogens with zero attached hydrogens (tertiary/aromatic N) is 3. The van der Waals surface area contributed by atoms with E-state index in [1.54, 1.807) is 19.5 Å². The molecule has 0 radical (unpaired) electrons. The van der Waals surface area contributed by atoms with Crippen molar-refractivity contribution in [1.82, 2.24) is 15.0 Å². The predicted octanol–water partition coefficient (Wildman–Crippen LogP) is 4.18. The Kier molecular flexibility index (Phi) is 6.83. The fourth-order valence-corrected chi connectivity index (χ4v) is 3.80. The summed E-state index contributed by atoms with van der Waals surface area (Å²) in [6.07, 6.45) is 6.23. The van der Waals surface area contributed by atoms with Crippen LogP contribution in [-0.2, 0) is 16.0 Å². The maximum atomic E-state index is 11.6. The summed E-state index contributed by atoms with van der Waals surface area (Å²) in [5.41, 5.74) is 2.55. The molecule has 2 heterocycles. The predicted molar refractivity (Wildman–Crippen MR) is 112 cm³/mol. The van der Waals surface area contributed by atoms with Gasteiger partial charge in [0.15, 0.2) is 10.3 Å². The lowest BCUT2D eigenvalue weighted by Gasteiger charge is -2.04. The van der Waals surface area contributed by atoms with Crippen molar-refractivity contribution in [3.05, 3.63) is 41.5 Å². The minimum Gasteiger partial charge on any atom is -0.497 e. The summed E-state index contributed by atoms with van der Waals surface area (Å²) in [6.45, 7) is 0. The highest BCUT2D eigenvalue weighted by Crippen LogP contribution is 2.34. The number of carbonyl (C=O) groups excluding carboxylic acids is 1. The van der Waals surface area contributed by atoms with Gasteiger partial charge >= 0.3 is 5.97 Å². The summed E-state index contributed by atoms with van der Waals surface area (Å²) in [5.74, 6) is 0.532. The van der Waals surface area contributed by atoms with E-state index < -0.39 is 0 Å². The Morgan fingerprint density at radius 3 is 2.50 bits per heavy atom. The molecule has 0 fully saturated rings. The molecule has 3 aromatic rings. The van der Waals surface area contributed by atoms with Crippen LogP contribution < -0.4 is 10.1 Å². The second-order valence-corrected chi connectivity index (χ2v) is 7.54. The Morgan fingerprint density at radius 1 is 1.18 bits per heavy atom. The molecule has 7 nitrogen and oxygen atoms in total. The monoisotopic (exact) mass is 416 g/mol. The number of methoxy groups -OCH3 is 2. The maximum Gasteiger partial charge on any atom is 0.305 e. The van der Waals surface area contributed by atoms with Crippen LogP contribution in [0.1, 0.15) is 11.3 Å². The van der Waals surface area contributed by atoms with Crippen LogP contribution in [0, 0.1) is 0 Å². The number of hydrogen-bond acceptors (Lipinski definition) is 9. The van der Waals surface area contributed by atoms with E-state index in [0.717, 1.165) is 27.6 Å². The number of aromatic nitrogens is 3. The minimum absolute atomic E-state index is 0.246. The first kappa shape index (κ1) is 20.1. The number of ether oxygens (including phenoxy) is 2. The minimum atomic E-state index is -0.246. The second-order valence-electron chi connectivity index (χ2n) is 5.68. The largest absolute Gasteiger partial charge is 0.497 e. The number of thiazole rings is 1. The summed E-state index contributed by atoms with van der Waals surface area (Å²) in [4.78, 5) is 25.8. The molecule has 0 bridgehead atoms. The van der Waals surface area contributed by atoms with Gasteiger partial charge in [0, 0.05) is 10.4 Å². The van der Waals surface area contributed by atoms with Gasteiger partial charge in [0.2, 0.25) is 0 Å². The van der Waals surface area contributed by atoms with Crippen LogP contribution in [0.2, 0.25) is 0 Å². The first-order valence-corrected chi connectivity index (χ1v) is 10.5. The third-order valence-corrected chi connectivity index (χ3v) is 5.51. The van der Waals surface area contributed by atoms with Gasteiger partial charge in [-0.05, 0) is 36.9 Å². The molecular weight excluding hydrogens is 396 g/mol. The van der Waals surface area contributed by atoms with Crippen molar-refractivity contribution in [2.45, 2.75) is 18.0 Å². The lowest BCUT2D eigenvalue weighted by Crippen LogP contribution is -2.01. The highest BCUT2D eigenvalue weighted by atomic mass is 32.2. The quantitative estimate of drug-likeness (QED) is 0.332. The van der Waals surface area contributed by atoms with E-state index in [-0.39, 0.29) is 5.97 Å². The van der Waals surface area contributed by atoms with E-state index in [9.17, 15) is 4.79 Å². The molecule has 0 spiro atoms. The molecule has 0 unspecified atom stereocenters. The Balaban J connectivity index is 1.87. The molecule has 0 atom stereocenters. The molecular formula is C19H20N4O3S2. The third kappa shape index (κ3) is 4.99. The molecule has 3 rings (SSSR count). The molecule has 1 aromatic carbocycles. The maximum absolute atomic E-state index is 11.6. The van der Waals surface area contributed by atoms with Gasteiger partial charge in [-0.2, -0.15) is 0 Å². The Morgan fingerprint density at radius 2 is 1.89 bits per heavy atom. The van der Waals surface area contributed by atoms with Crippen molar-refractivity contribution < 1.29 is 14.3 Å². The summed E-state index contributed by atoms with van der Waals surface area (Å²) in [5, 5.41) is 4.67. The molecule has 0 aliphatic carbocycles. The van der Waals surface area contributed by atoms with Crippen LogP contribution >= 0.6 is 23.1 Å². The van der Waals surface area contributed by atoms with Crippen LogP contribution in [0.4, 0.5) is 10.8 Å². The lowest BCUT2D eigenvalue weighted by atomic mass is 10.1. The molecule has 0 aliphatic rings. The van der Waals surface area contributed by atoms with Crippen LogP contribution in [0.5, 0.6) is 5.75 Å². The van der Waals surface area contributed by atoms with E-state index in [2.05, 4.69) is 15.3 Å². The van der Waals surface area contributed by atoms with E-state index in [0.29, 0.717) is 23.1 Å². The van der Waals surface area contributed by atoms with Gasteiger partial charge in [0.25, 0.3) is 0 Å². The van der Waals surface area contributed by atoms with Gasteiger partial charge in [-0.1, -0.05) is 11.8 Å². The topological polar surface area (TPSA) is 86.2 Å². The van der Waals surface area contributed by atoms with E-state index in [1.165, 1.54) is 30.2 Å². The Labute approximate surface area is 171 Å². The number of anilines is 2. The highest BCUT2D eigenvalue weighted by Gasteiger charge is 2.15. The first-order valence-electron chi connectivity index (χ1n) is 8.47. The van der Waals surface area contributed by atoms with Gasteiger partial charge in [0.05, 0.1) is 44.4 Å². The molecule has 0 aliphatic heterocycles. The summed E-state index contributed by atoms with van der Waals surface area (Å²) in [6, 6.07) is 7.69. The van der Waals surface area contributed by atoms with Crippen LogP contribution in [0.3, 0.4) is 0 Å². The molecule has 28 heavy (non-hydrogen) atoms. The Hall–Kier alpha value is -2.65. The number of benzene rings is 1. The van der Waals surface area contributed by atoms with Crippen molar-refractivity contribution in [2.24, 2.45) is 0 Å². The molecule has 1 N–H and O–H groups in total. The van der Waals surface area contributed by atoms with Crippen molar-refractivity contribution in [3.8, 4) is 17.0 Å². The molecule has 0 saturated carbocycles. The number of rotatable bonds is 8. The smallest absolute Gasteiger partial charge is 0.305 e. The van der Waals surface area contributed by atoms with E-state index in [1.807, 2.05) is 30.5 Å². The van der Waals surface area contributed by atoms with Gasteiger partial charge in [-0.15, -0.1) is 11.3 Å². The van der Waals surface area contributed by atoms with Gasteiger partial charge in [-0.3, -0.25) is 4.79 Å². The zero-order valence-electron chi connectivity index (χ0n) is 15.8. The summed E-state index contributed by atoms with van der Waals surface area (Å²) >= 11 is 2.98. The molecule has 0 amide bonds. The van der Waals surface area contributed by atoms with Crippen LogP contribution in [-0.4, -0.2) is 41.4 Å². The highest BCUT2D eigenvalue weighted by molar-refractivity contribution is 7.98. The summed E-state index contributed by atoms with van der Waals surface area (Å²) < 4.78 is 9.99. The number of carbonyl (C=O) groups is 1. The van der Waals surface area contributed by atoms with Crippen molar-refractivity contribution >= 4 is 39.9 Å². The number of hydrogen-bond donors (Lipinski definition) is 1. The zero-order valence-corrected chi connectivity index (χ0v) is 17.4. The van der Waals surface area contributed by atoms with Gasteiger partial charge in [-0.25, -0.2) is 15.0 Å². The van der Waals surface area contributed by atoms with Crippen LogP contribution in [0.15, 0.2) is 41.8 Å². The number of thioether (sulfide) groups is 1. The van der Waals surface area contributed by atoms with Gasteiger partial charge in [0.1, 0.15) is 5.75 Å². The van der Waals surface area contributed by atoms with Crippen molar-refractivity contribution in [3.63, 3.8) is 0 Å². The molecule has 0 saturated heterocycles. The number of esters is 1. The van der Waals surface area contributed by atoms with Crippen LogP contribution in [0.25, 0.3) is 11.3 Å². The van der Waals surface area contributed by atoms with Crippen molar-refractivity contribution in [2.75, 3.05) is 25.8 Å². The average molecular weight is 417 g/mol. The first-order chi connectivity index (χ1) is 13.6. The molecule has 9 heteroatoms. The van der Waals surface area contributed by atoms with E-state index in [4.69, 9.17) is 14.5 Å².